The molecule has 1 aromatic carbocycles. The molecule has 6 heteroatoms. The first-order valence-electron chi connectivity index (χ1n) is 6.27. The zero-order chi connectivity index (χ0) is 15.5. The van der Waals surface area contributed by atoms with E-state index in [0.717, 1.165) is 29.1 Å². The van der Waals surface area contributed by atoms with Gasteiger partial charge in [0, 0.05) is 6.20 Å². The molecule has 0 radical (unpaired) electrons. The van der Waals surface area contributed by atoms with Gasteiger partial charge in [-0.15, -0.1) is 0 Å². The number of rotatable bonds is 3. The molecule has 1 N–H and O–H groups in total. The van der Waals surface area contributed by atoms with Crippen molar-refractivity contribution in [3.05, 3.63) is 59.3 Å². The van der Waals surface area contributed by atoms with Crippen LogP contribution in [0.4, 0.5) is 19.0 Å². The summed E-state index contributed by atoms with van der Waals surface area (Å²) >= 11 is 0. The van der Waals surface area contributed by atoms with Gasteiger partial charge in [0.05, 0.1) is 11.3 Å². The lowest BCUT2D eigenvalue weighted by Crippen LogP contribution is -2.06. The number of nitrogens with zero attached hydrogens (tertiary/aromatic N) is 2. The second-order valence-corrected chi connectivity index (χ2v) is 4.60. The summed E-state index contributed by atoms with van der Waals surface area (Å²) in [6.45, 7) is 3.79. The number of aryl methyl sites for hydroxylation is 1. The summed E-state index contributed by atoms with van der Waals surface area (Å²) in [6.07, 6.45) is -3.61. The van der Waals surface area contributed by atoms with Crippen LogP contribution in [-0.4, -0.2) is 10.7 Å². The van der Waals surface area contributed by atoms with Gasteiger partial charge in [-0.1, -0.05) is 29.8 Å². The quantitative estimate of drug-likeness (QED) is 0.678. The Bertz CT molecular complexity index is 629. The van der Waals surface area contributed by atoms with Crippen LogP contribution in [-0.2, 0) is 6.18 Å². The lowest BCUT2D eigenvalue weighted by molar-refractivity contribution is -0.137. The van der Waals surface area contributed by atoms with Crippen molar-refractivity contribution in [2.75, 3.05) is 5.43 Å². The van der Waals surface area contributed by atoms with E-state index < -0.39 is 11.7 Å². The molecule has 0 atom stereocenters. The monoisotopic (exact) mass is 293 g/mol. The first kappa shape index (κ1) is 15.0. The third-order valence-corrected chi connectivity index (χ3v) is 2.90. The molecule has 0 aliphatic carbocycles. The molecule has 2 aromatic rings. The number of hydrogen-bond donors (Lipinski definition) is 1. The second-order valence-electron chi connectivity index (χ2n) is 4.60. The number of alkyl halides is 3. The van der Waals surface area contributed by atoms with Crippen LogP contribution in [0.25, 0.3) is 0 Å². The van der Waals surface area contributed by atoms with Crippen LogP contribution in [0.1, 0.15) is 23.6 Å². The van der Waals surface area contributed by atoms with Gasteiger partial charge < -0.3 is 0 Å². The van der Waals surface area contributed by atoms with Crippen LogP contribution in [0.15, 0.2) is 47.7 Å². The molecule has 0 saturated carbocycles. The zero-order valence-electron chi connectivity index (χ0n) is 11.6. The summed E-state index contributed by atoms with van der Waals surface area (Å²) in [6, 6.07) is 9.99. The van der Waals surface area contributed by atoms with Crippen molar-refractivity contribution in [3.8, 4) is 0 Å². The molecule has 0 fully saturated rings. The average Bonchev–Trinajstić information content (AvgIpc) is 2.45. The van der Waals surface area contributed by atoms with E-state index in [1.165, 1.54) is 6.07 Å². The van der Waals surface area contributed by atoms with E-state index in [0.29, 0.717) is 0 Å². The number of aromatic nitrogens is 1. The van der Waals surface area contributed by atoms with Crippen molar-refractivity contribution >= 4 is 11.5 Å². The number of anilines is 1. The molecule has 2 rings (SSSR count). The smallest absolute Gasteiger partial charge is 0.261 e. The van der Waals surface area contributed by atoms with Crippen LogP contribution in [0.2, 0.25) is 0 Å². The Morgan fingerprint density at radius 2 is 1.76 bits per heavy atom. The molecule has 3 nitrogen and oxygen atoms in total. The van der Waals surface area contributed by atoms with E-state index in [9.17, 15) is 13.2 Å². The Balaban J connectivity index is 2.08. The van der Waals surface area contributed by atoms with Crippen LogP contribution in [0.3, 0.4) is 0 Å². The lowest BCUT2D eigenvalue weighted by atomic mass is 10.1. The van der Waals surface area contributed by atoms with E-state index in [1.54, 1.807) is 0 Å². The topological polar surface area (TPSA) is 37.3 Å². The largest absolute Gasteiger partial charge is 0.417 e. The molecular weight excluding hydrogens is 279 g/mol. The summed E-state index contributed by atoms with van der Waals surface area (Å²) in [5, 5.41) is 4.11. The second kappa shape index (κ2) is 5.95. The van der Waals surface area contributed by atoms with Crippen molar-refractivity contribution in [2.24, 2.45) is 5.10 Å². The van der Waals surface area contributed by atoms with Crippen LogP contribution in [0.5, 0.6) is 0 Å². The van der Waals surface area contributed by atoms with E-state index >= 15 is 0 Å². The van der Waals surface area contributed by atoms with Crippen molar-refractivity contribution < 1.29 is 13.2 Å². The molecular formula is C15H14F3N3. The van der Waals surface area contributed by atoms with E-state index in [1.807, 2.05) is 38.1 Å². The minimum Gasteiger partial charge on any atom is -0.261 e. The fourth-order valence-corrected chi connectivity index (χ4v) is 1.63. The number of nitrogens with one attached hydrogen (secondary N) is 1. The standard InChI is InChI=1S/C15H14F3N3/c1-10-3-5-12(6-4-10)11(2)20-21-14-8-7-13(9-19-14)15(16,17)18/h3-9H,1-2H3,(H,19,21)/b20-11+. The molecule has 0 amide bonds. The van der Waals surface area contributed by atoms with Gasteiger partial charge in [-0.2, -0.15) is 18.3 Å². The third-order valence-electron chi connectivity index (χ3n) is 2.90. The number of hydrogen-bond acceptors (Lipinski definition) is 3. The van der Waals surface area contributed by atoms with Gasteiger partial charge in [0.15, 0.2) is 0 Å². The van der Waals surface area contributed by atoms with Gasteiger partial charge in [0.1, 0.15) is 5.82 Å². The van der Waals surface area contributed by atoms with Crippen molar-refractivity contribution in [1.82, 2.24) is 4.98 Å². The molecule has 0 aliphatic rings. The normalized spacial score (nSPS) is 12.3. The Morgan fingerprint density at radius 1 is 1.10 bits per heavy atom. The lowest BCUT2D eigenvalue weighted by Gasteiger charge is -2.07. The minimum atomic E-state index is -4.38. The Hall–Kier alpha value is -2.37. The van der Waals surface area contributed by atoms with Crippen molar-refractivity contribution in [2.45, 2.75) is 20.0 Å². The molecule has 21 heavy (non-hydrogen) atoms. The number of halogens is 3. The molecule has 110 valence electrons. The number of hydrazone groups is 1. The molecule has 0 spiro atoms. The predicted molar refractivity (Wildman–Crippen MR) is 76.3 cm³/mol. The van der Waals surface area contributed by atoms with E-state index in [-0.39, 0.29) is 5.82 Å². The third kappa shape index (κ3) is 4.05. The van der Waals surface area contributed by atoms with Crippen LogP contribution in [0, 0.1) is 6.92 Å². The van der Waals surface area contributed by atoms with Crippen molar-refractivity contribution in [1.29, 1.82) is 0 Å². The van der Waals surface area contributed by atoms with Gasteiger partial charge in [-0.25, -0.2) is 4.98 Å². The minimum absolute atomic E-state index is 0.259. The summed E-state index contributed by atoms with van der Waals surface area (Å²) in [7, 11) is 0. The van der Waals surface area contributed by atoms with Gasteiger partial charge in [-0.05, 0) is 31.5 Å². The van der Waals surface area contributed by atoms with E-state index in [4.69, 9.17) is 0 Å². The molecule has 0 saturated heterocycles. The highest BCUT2D eigenvalue weighted by Crippen LogP contribution is 2.28. The van der Waals surface area contributed by atoms with Crippen molar-refractivity contribution in [3.63, 3.8) is 0 Å². The fourth-order valence-electron chi connectivity index (χ4n) is 1.63. The molecule has 0 unspecified atom stereocenters. The molecule has 0 aliphatic heterocycles. The highest BCUT2D eigenvalue weighted by atomic mass is 19.4. The van der Waals surface area contributed by atoms with Crippen LogP contribution >= 0.6 is 0 Å². The van der Waals surface area contributed by atoms with Gasteiger partial charge in [0.2, 0.25) is 0 Å². The number of benzene rings is 1. The highest BCUT2D eigenvalue weighted by Gasteiger charge is 2.30. The molecule has 0 bridgehead atoms. The highest BCUT2D eigenvalue weighted by molar-refractivity contribution is 5.99. The van der Waals surface area contributed by atoms with Gasteiger partial charge in [-0.3, -0.25) is 5.43 Å². The molecule has 1 aromatic heterocycles. The van der Waals surface area contributed by atoms with Crippen LogP contribution < -0.4 is 5.43 Å². The predicted octanol–water partition coefficient (Wildman–Crippen LogP) is 4.24. The summed E-state index contributed by atoms with van der Waals surface area (Å²) in [5.41, 5.74) is 4.65. The zero-order valence-corrected chi connectivity index (χ0v) is 11.6. The fraction of sp³-hybridized carbons (Fsp3) is 0.200. The Morgan fingerprint density at radius 3 is 2.29 bits per heavy atom. The molecule has 1 heterocycles. The average molecular weight is 293 g/mol. The summed E-state index contributed by atoms with van der Waals surface area (Å²) in [5.74, 6) is 0.259. The summed E-state index contributed by atoms with van der Waals surface area (Å²) in [4.78, 5) is 3.69. The maximum absolute atomic E-state index is 12.4. The van der Waals surface area contributed by atoms with E-state index in [2.05, 4.69) is 15.5 Å². The van der Waals surface area contributed by atoms with Gasteiger partial charge >= 0.3 is 6.18 Å². The maximum Gasteiger partial charge on any atom is 0.417 e. The summed E-state index contributed by atoms with van der Waals surface area (Å²) < 4.78 is 37.2. The maximum atomic E-state index is 12.4. The van der Waals surface area contributed by atoms with Gasteiger partial charge in [0.25, 0.3) is 0 Å². The Kier molecular flexibility index (Phi) is 4.26. The first-order valence-corrected chi connectivity index (χ1v) is 6.27. The first-order chi connectivity index (χ1) is 9.86. The number of pyridine rings is 1. The SMILES string of the molecule is C/C(=N\Nc1ccc(C(F)(F)F)cn1)c1ccc(C)cc1. The Labute approximate surface area is 120 Å².